The van der Waals surface area contributed by atoms with Crippen LogP contribution in [0.15, 0.2) is 45.4 Å². The molecule has 2 aromatic carbocycles. The van der Waals surface area contributed by atoms with Crippen LogP contribution in [0.1, 0.15) is 38.3 Å². The minimum absolute atomic E-state index is 0.0145. The van der Waals surface area contributed by atoms with E-state index in [9.17, 15) is 37.4 Å². The highest BCUT2D eigenvalue weighted by Gasteiger charge is 2.22. The number of hydrogen-bond donors (Lipinski definition) is 3. The maximum Gasteiger partial charge on any atom is 0.343 e. The summed E-state index contributed by atoms with van der Waals surface area (Å²) < 4.78 is 64.8. The molecule has 0 unspecified atom stereocenters. The van der Waals surface area contributed by atoms with Gasteiger partial charge in [-0.2, -0.15) is 0 Å². The number of ether oxygens (including phenoxy) is 2. The molecule has 0 amide bonds. The van der Waals surface area contributed by atoms with Gasteiger partial charge in [0.15, 0.2) is 23.3 Å². The smallest absolute Gasteiger partial charge is 0.343 e. The third-order valence-corrected chi connectivity index (χ3v) is 6.27. The lowest BCUT2D eigenvalue weighted by Gasteiger charge is -2.09. The normalized spacial score (nSPS) is 12.4. The van der Waals surface area contributed by atoms with Gasteiger partial charge in [0.2, 0.25) is 0 Å². The van der Waals surface area contributed by atoms with Crippen molar-refractivity contribution in [2.75, 3.05) is 32.9 Å². The highest BCUT2D eigenvalue weighted by molar-refractivity contribution is 14.1. The fraction of sp³-hybridized carbons (Fsp3) is 0.310. The number of aliphatic hydroxyl groups is 3. The largest absolute Gasteiger partial charge is 0.506 e. The van der Waals surface area contributed by atoms with Gasteiger partial charge >= 0.3 is 11.9 Å². The van der Waals surface area contributed by atoms with E-state index in [2.05, 4.69) is 9.98 Å². The van der Waals surface area contributed by atoms with Crippen molar-refractivity contribution in [2.24, 2.45) is 9.98 Å². The SMILES string of the molecule is CCCN=CC(C(=O)OCC)=C(O)c1cc(I)cc(F)c1F.CCOC(=O)C(C=NCCO)=C(O)c1cc(I)cc(F)c1F. The number of carbonyl (C=O) groups excluding carboxylic acids is 2. The zero-order valence-electron chi connectivity index (χ0n) is 23.8. The molecule has 0 aliphatic carbocycles. The Hall–Kier alpha value is -3.06. The molecule has 0 aromatic heterocycles. The molecule has 0 saturated heterocycles. The van der Waals surface area contributed by atoms with Crippen LogP contribution in [0, 0.1) is 30.4 Å². The molecule has 0 bridgehead atoms. The van der Waals surface area contributed by atoms with Crippen molar-refractivity contribution in [3.8, 4) is 0 Å². The minimum Gasteiger partial charge on any atom is -0.506 e. The number of halogens is 6. The number of rotatable bonds is 12. The Kier molecular flexibility index (Phi) is 17.8. The Morgan fingerprint density at radius 1 is 0.750 bits per heavy atom. The number of aliphatic imine (C=N–C) groups is 2. The van der Waals surface area contributed by atoms with Gasteiger partial charge in [0.25, 0.3) is 0 Å². The molecule has 0 saturated carbocycles. The average molecular weight is 848 g/mol. The van der Waals surface area contributed by atoms with Gasteiger partial charge < -0.3 is 24.8 Å². The Bertz CT molecular complexity index is 1340. The van der Waals surface area contributed by atoms with Crippen molar-refractivity contribution in [3.05, 3.63) is 76.9 Å². The number of hydrogen-bond acceptors (Lipinski definition) is 9. The van der Waals surface area contributed by atoms with E-state index < -0.39 is 63.4 Å². The van der Waals surface area contributed by atoms with E-state index in [0.717, 1.165) is 31.0 Å². The first-order chi connectivity index (χ1) is 20.8. The Labute approximate surface area is 278 Å². The quantitative estimate of drug-likeness (QED) is 0.0431. The molecule has 2 rings (SSSR count). The molecular weight excluding hydrogens is 818 g/mol. The molecule has 0 spiro atoms. The van der Waals surface area contributed by atoms with E-state index in [1.807, 2.05) is 6.92 Å². The lowest BCUT2D eigenvalue weighted by atomic mass is 10.1. The number of nitrogens with zero attached hydrogens (tertiary/aromatic N) is 2. The summed E-state index contributed by atoms with van der Waals surface area (Å²) in [4.78, 5) is 31.4. The lowest BCUT2D eigenvalue weighted by Crippen LogP contribution is -2.12. The molecular formula is C29H30F4I2N2O7. The third-order valence-electron chi connectivity index (χ3n) is 5.02. The Balaban J connectivity index is 0.000000440. The summed E-state index contributed by atoms with van der Waals surface area (Å²) in [7, 11) is 0. The van der Waals surface area contributed by atoms with E-state index in [-0.39, 0.29) is 31.9 Å². The molecule has 0 atom stereocenters. The summed E-state index contributed by atoms with van der Waals surface area (Å²) in [5, 5.41) is 29.0. The summed E-state index contributed by atoms with van der Waals surface area (Å²) >= 11 is 3.53. The molecule has 240 valence electrons. The monoisotopic (exact) mass is 848 g/mol. The van der Waals surface area contributed by atoms with E-state index in [1.54, 1.807) is 59.0 Å². The van der Waals surface area contributed by atoms with Gasteiger partial charge in [0, 0.05) is 26.1 Å². The summed E-state index contributed by atoms with van der Waals surface area (Å²) in [6.45, 7) is 5.31. The molecule has 0 heterocycles. The van der Waals surface area contributed by atoms with Crippen molar-refractivity contribution in [1.82, 2.24) is 0 Å². The maximum atomic E-state index is 13.9. The van der Waals surface area contributed by atoms with Gasteiger partial charge in [-0.3, -0.25) is 9.98 Å². The molecule has 0 aliphatic heterocycles. The Morgan fingerprint density at radius 3 is 1.48 bits per heavy atom. The van der Waals surface area contributed by atoms with Crippen molar-refractivity contribution >= 4 is 81.1 Å². The lowest BCUT2D eigenvalue weighted by molar-refractivity contribution is -0.138. The summed E-state index contributed by atoms with van der Waals surface area (Å²) in [5.41, 5.74) is -1.61. The summed E-state index contributed by atoms with van der Waals surface area (Å²) in [6.07, 6.45) is 2.81. The van der Waals surface area contributed by atoms with Crippen LogP contribution in [0.25, 0.3) is 11.5 Å². The molecule has 0 radical (unpaired) electrons. The zero-order chi connectivity index (χ0) is 33.4. The van der Waals surface area contributed by atoms with Crippen molar-refractivity contribution < 1.29 is 51.9 Å². The number of esters is 2. The van der Waals surface area contributed by atoms with Crippen LogP contribution in [-0.4, -0.2) is 72.6 Å². The van der Waals surface area contributed by atoms with Gasteiger partial charge in [-0.05, 0) is 89.7 Å². The van der Waals surface area contributed by atoms with Gasteiger partial charge in [-0.25, -0.2) is 27.2 Å². The average Bonchev–Trinajstić information content (AvgIpc) is 2.97. The van der Waals surface area contributed by atoms with Gasteiger partial charge in [0.05, 0.1) is 37.5 Å². The van der Waals surface area contributed by atoms with Crippen LogP contribution >= 0.6 is 45.2 Å². The topological polar surface area (TPSA) is 138 Å². The first-order valence-electron chi connectivity index (χ1n) is 12.9. The summed E-state index contributed by atoms with van der Waals surface area (Å²) in [5.74, 6) is -8.04. The van der Waals surface area contributed by atoms with Crippen LogP contribution in [-0.2, 0) is 19.1 Å². The number of aliphatic hydroxyl groups excluding tert-OH is 3. The number of benzene rings is 2. The van der Waals surface area contributed by atoms with Crippen LogP contribution in [0.3, 0.4) is 0 Å². The predicted molar refractivity (Wildman–Crippen MR) is 175 cm³/mol. The zero-order valence-corrected chi connectivity index (χ0v) is 28.2. The molecule has 44 heavy (non-hydrogen) atoms. The van der Waals surface area contributed by atoms with Crippen LogP contribution in [0.4, 0.5) is 17.6 Å². The first-order valence-corrected chi connectivity index (χ1v) is 15.1. The highest BCUT2D eigenvalue weighted by atomic mass is 127. The maximum absolute atomic E-state index is 13.9. The molecule has 15 heteroatoms. The van der Waals surface area contributed by atoms with E-state index in [1.165, 1.54) is 12.1 Å². The second-order valence-corrected chi connectivity index (χ2v) is 10.7. The first kappa shape index (κ1) is 39.0. The van der Waals surface area contributed by atoms with Crippen molar-refractivity contribution in [3.63, 3.8) is 0 Å². The fourth-order valence-corrected chi connectivity index (χ4v) is 4.25. The second kappa shape index (κ2) is 20.1. The predicted octanol–water partition coefficient (Wildman–Crippen LogP) is 6.35. The van der Waals surface area contributed by atoms with Crippen LogP contribution in [0.2, 0.25) is 0 Å². The molecule has 2 aromatic rings. The number of carbonyl (C=O) groups is 2. The fourth-order valence-electron chi connectivity index (χ4n) is 3.08. The molecule has 9 nitrogen and oxygen atoms in total. The van der Waals surface area contributed by atoms with Crippen molar-refractivity contribution in [1.29, 1.82) is 0 Å². The van der Waals surface area contributed by atoms with Crippen LogP contribution in [0.5, 0.6) is 0 Å². The standard InChI is InChI=1S/C15H16F2INO3.C14H14F2INO4/c1-3-5-19-8-11(15(21)22-4-2)14(20)10-6-9(18)7-12(16)13(10)17;1-2-22-14(21)10(7-18-3-4-19)13(20)9-5-8(17)6-11(15)12(9)16/h6-8,20H,3-5H2,1-2H3;5-7,19-20H,2-4H2,1H3. The van der Waals surface area contributed by atoms with Crippen LogP contribution < -0.4 is 0 Å². The molecule has 0 fully saturated rings. The van der Waals surface area contributed by atoms with Gasteiger partial charge in [0.1, 0.15) is 22.7 Å². The minimum atomic E-state index is -1.28. The molecule has 3 N–H and O–H groups in total. The van der Waals surface area contributed by atoms with Crippen molar-refractivity contribution in [2.45, 2.75) is 27.2 Å². The molecule has 0 aliphatic rings. The second-order valence-electron chi connectivity index (χ2n) is 8.26. The van der Waals surface area contributed by atoms with Gasteiger partial charge in [-0.15, -0.1) is 0 Å². The van der Waals surface area contributed by atoms with Gasteiger partial charge in [-0.1, -0.05) is 6.92 Å². The van der Waals surface area contributed by atoms with E-state index in [4.69, 9.17) is 14.6 Å². The summed E-state index contributed by atoms with van der Waals surface area (Å²) in [6, 6.07) is 4.37. The van der Waals surface area contributed by atoms with E-state index >= 15 is 0 Å². The Morgan fingerprint density at radius 2 is 1.14 bits per heavy atom. The van der Waals surface area contributed by atoms with E-state index in [0.29, 0.717) is 13.7 Å². The highest BCUT2D eigenvalue weighted by Crippen LogP contribution is 2.25. The third kappa shape index (κ3) is 11.8.